The summed E-state index contributed by atoms with van der Waals surface area (Å²) in [4.78, 5) is 3.00. The predicted molar refractivity (Wildman–Crippen MR) is 227 cm³/mol. The maximum absolute atomic E-state index is 14.7. The molecule has 286 valence electrons. The zero-order valence-corrected chi connectivity index (χ0v) is 31.6. The van der Waals surface area contributed by atoms with E-state index in [-0.39, 0.29) is 5.56 Å². The van der Waals surface area contributed by atoms with Gasteiger partial charge in [-0.3, -0.25) is 0 Å². The van der Waals surface area contributed by atoms with Gasteiger partial charge < -0.3 is 9.47 Å². The van der Waals surface area contributed by atoms with E-state index >= 15 is 0 Å². The Labute approximate surface area is 338 Å². The molecule has 0 amide bonds. The average Bonchev–Trinajstić information content (AvgIpc) is 3.86. The first-order valence-corrected chi connectivity index (χ1v) is 19.5. The van der Waals surface area contributed by atoms with Crippen molar-refractivity contribution in [2.75, 3.05) is 4.90 Å². The lowest BCUT2D eigenvalue weighted by Gasteiger charge is -2.26. The van der Waals surface area contributed by atoms with Crippen LogP contribution in [-0.2, 0) is 0 Å². The van der Waals surface area contributed by atoms with Crippen LogP contribution in [0.25, 0.3) is 70.3 Å². The first kappa shape index (κ1) is 36.3. The fourth-order valence-corrected chi connectivity index (χ4v) is 8.87. The van der Waals surface area contributed by atoms with Crippen molar-refractivity contribution >= 4 is 60.3 Å². The minimum Gasteiger partial charge on any atom is -0.311 e. The minimum atomic E-state index is -2.22. The van der Waals surface area contributed by atoms with E-state index in [1.54, 1.807) is 28.4 Å². The van der Waals surface area contributed by atoms with Crippen LogP contribution in [0.3, 0.4) is 0 Å². The molecule has 0 fully saturated rings. The normalized spacial score (nSPS) is 11.6. The molecule has 59 heavy (non-hydrogen) atoms. The Kier molecular flexibility index (Phi) is 8.83. The van der Waals surface area contributed by atoms with Gasteiger partial charge in [0.05, 0.1) is 16.6 Å². The summed E-state index contributed by atoms with van der Waals surface area (Å²) in [5.41, 5.74) is 6.82. The highest BCUT2D eigenvalue weighted by molar-refractivity contribution is 7.22. The molecule has 0 radical (unpaired) electrons. The Balaban J connectivity index is 1.05. The van der Waals surface area contributed by atoms with E-state index in [1.807, 2.05) is 42.5 Å². The number of hydrogen-bond acceptors (Lipinski definition) is 2. The molecule has 2 heterocycles. The number of nitrogens with zero attached hydrogens (tertiary/aromatic N) is 2. The SMILES string of the molecule is Fc1ccc(N(c2ccc(-c3ccc4c(c3)c3cc(-c5cc6ccccc6s5)ccc3n4-c3ccccc3)cc2)c2ccc(-c3c(F)c(F)c(F)c(F)c3F)cc2)cc1. The van der Waals surface area contributed by atoms with Crippen LogP contribution in [0.5, 0.6) is 0 Å². The van der Waals surface area contributed by atoms with Gasteiger partial charge in [0.2, 0.25) is 5.82 Å². The fourth-order valence-electron chi connectivity index (χ4n) is 7.81. The highest BCUT2D eigenvalue weighted by Crippen LogP contribution is 2.42. The molecule has 0 saturated carbocycles. The molecule has 0 saturated heterocycles. The predicted octanol–water partition coefficient (Wildman–Crippen LogP) is 15.3. The molecule has 8 aromatic carbocycles. The van der Waals surface area contributed by atoms with Crippen LogP contribution in [0.1, 0.15) is 0 Å². The molecule has 2 aromatic heterocycles. The van der Waals surface area contributed by atoms with Crippen molar-refractivity contribution in [3.8, 4) is 38.4 Å². The topological polar surface area (TPSA) is 8.17 Å². The second-order valence-electron chi connectivity index (χ2n) is 14.1. The van der Waals surface area contributed by atoms with Crippen molar-refractivity contribution in [3.63, 3.8) is 0 Å². The van der Waals surface area contributed by atoms with Gasteiger partial charge in [-0.25, -0.2) is 26.3 Å². The average molecular weight is 803 g/mol. The van der Waals surface area contributed by atoms with Crippen molar-refractivity contribution in [1.82, 2.24) is 4.57 Å². The molecule has 0 aliphatic rings. The minimum absolute atomic E-state index is 0.198. The third-order valence-corrected chi connectivity index (χ3v) is 11.8. The van der Waals surface area contributed by atoms with Gasteiger partial charge in [0.15, 0.2) is 23.3 Å². The maximum Gasteiger partial charge on any atom is 0.200 e. The van der Waals surface area contributed by atoms with Gasteiger partial charge in [-0.2, -0.15) is 0 Å². The van der Waals surface area contributed by atoms with Crippen molar-refractivity contribution < 1.29 is 26.3 Å². The monoisotopic (exact) mass is 802 g/mol. The number of benzene rings is 8. The molecule has 0 aliphatic carbocycles. The Hall–Kier alpha value is -7.10. The summed E-state index contributed by atoms with van der Waals surface area (Å²) in [7, 11) is 0. The Morgan fingerprint density at radius 2 is 0.898 bits per heavy atom. The van der Waals surface area contributed by atoms with E-state index in [1.165, 1.54) is 51.4 Å². The van der Waals surface area contributed by atoms with Crippen LogP contribution in [0.2, 0.25) is 0 Å². The molecule has 10 aromatic rings. The molecule has 2 nitrogen and oxygen atoms in total. The van der Waals surface area contributed by atoms with E-state index in [0.717, 1.165) is 44.2 Å². The standard InChI is InChI=1S/C50H28F6N2S/c51-34-16-22-38(23-17-34)57(37-20-12-30(13-21-37)45-46(52)48(54)50(56)49(55)47(45)53)36-18-10-29(11-19-36)31-14-24-41-39(26-31)40-27-33(44-28-32-6-4-5-9-43(32)59-44)15-25-42(40)58(41)35-7-2-1-3-8-35/h1-28H. The summed E-state index contributed by atoms with van der Waals surface area (Å²) in [5, 5.41) is 3.42. The number of aromatic nitrogens is 1. The second kappa shape index (κ2) is 14.4. The Bertz CT molecular complexity index is 3150. The van der Waals surface area contributed by atoms with Crippen molar-refractivity contribution in [3.05, 3.63) is 205 Å². The summed E-state index contributed by atoms with van der Waals surface area (Å²) in [6.07, 6.45) is 0. The summed E-state index contributed by atoms with van der Waals surface area (Å²) in [6, 6.07) is 53.2. The third-order valence-electron chi connectivity index (χ3n) is 10.7. The van der Waals surface area contributed by atoms with E-state index in [2.05, 4.69) is 83.4 Å². The summed E-state index contributed by atoms with van der Waals surface area (Å²) >= 11 is 1.77. The molecule has 0 bridgehead atoms. The second-order valence-corrected chi connectivity index (χ2v) is 15.2. The zero-order valence-electron chi connectivity index (χ0n) is 30.7. The largest absolute Gasteiger partial charge is 0.311 e. The number of fused-ring (bicyclic) bond motifs is 4. The van der Waals surface area contributed by atoms with E-state index < -0.39 is 40.5 Å². The number of halogens is 6. The molecular weight excluding hydrogens is 775 g/mol. The van der Waals surface area contributed by atoms with Gasteiger partial charge in [-0.1, -0.05) is 72.8 Å². The summed E-state index contributed by atoms with van der Waals surface area (Å²) < 4.78 is 88.9. The molecule has 0 N–H and O–H groups in total. The van der Waals surface area contributed by atoms with Gasteiger partial charge in [0, 0.05) is 43.1 Å². The van der Waals surface area contributed by atoms with Crippen LogP contribution in [0, 0.1) is 34.9 Å². The molecule has 0 spiro atoms. The summed E-state index contributed by atoms with van der Waals surface area (Å²) in [6.45, 7) is 0. The maximum atomic E-state index is 14.7. The van der Waals surface area contributed by atoms with Crippen LogP contribution in [0.4, 0.5) is 43.4 Å². The Morgan fingerprint density at radius 3 is 1.51 bits per heavy atom. The molecule has 10 rings (SSSR count). The third kappa shape index (κ3) is 6.22. The lowest BCUT2D eigenvalue weighted by Crippen LogP contribution is -2.10. The first-order chi connectivity index (χ1) is 28.7. The first-order valence-electron chi connectivity index (χ1n) is 18.6. The number of rotatable bonds is 7. The lowest BCUT2D eigenvalue weighted by molar-refractivity contribution is 0.381. The van der Waals surface area contributed by atoms with Gasteiger partial charge in [0.25, 0.3) is 0 Å². The van der Waals surface area contributed by atoms with Gasteiger partial charge in [-0.05, 0) is 125 Å². The molecule has 0 unspecified atom stereocenters. The quantitative estimate of drug-likeness (QED) is 0.0885. The zero-order chi connectivity index (χ0) is 40.4. The van der Waals surface area contributed by atoms with E-state index in [4.69, 9.17) is 0 Å². The molecule has 9 heteroatoms. The van der Waals surface area contributed by atoms with Gasteiger partial charge in [0.1, 0.15) is 5.82 Å². The molecule has 0 atom stereocenters. The molecule has 0 aliphatic heterocycles. The van der Waals surface area contributed by atoms with Crippen LogP contribution >= 0.6 is 11.3 Å². The van der Waals surface area contributed by atoms with E-state index in [9.17, 15) is 26.3 Å². The van der Waals surface area contributed by atoms with Gasteiger partial charge >= 0.3 is 0 Å². The van der Waals surface area contributed by atoms with Crippen LogP contribution in [-0.4, -0.2) is 4.57 Å². The van der Waals surface area contributed by atoms with Crippen LogP contribution < -0.4 is 4.90 Å². The number of hydrogen-bond donors (Lipinski definition) is 0. The van der Waals surface area contributed by atoms with Crippen LogP contribution in [0.15, 0.2) is 170 Å². The highest BCUT2D eigenvalue weighted by atomic mass is 32.1. The number of anilines is 3. The highest BCUT2D eigenvalue weighted by Gasteiger charge is 2.27. The van der Waals surface area contributed by atoms with Crippen molar-refractivity contribution in [2.24, 2.45) is 0 Å². The van der Waals surface area contributed by atoms with E-state index in [0.29, 0.717) is 17.1 Å². The number of thiophene rings is 1. The van der Waals surface area contributed by atoms with Gasteiger partial charge in [-0.15, -0.1) is 11.3 Å². The summed E-state index contributed by atoms with van der Waals surface area (Å²) in [5.74, 6) is -10.5. The lowest BCUT2D eigenvalue weighted by atomic mass is 10.0. The van der Waals surface area contributed by atoms with Crippen molar-refractivity contribution in [1.29, 1.82) is 0 Å². The Morgan fingerprint density at radius 1 is 0.407 bits per heavy atom. The molecular formula is C50H28F6N2S. The fraction of sp³-hybridized carbons (Fsp3) is 0. The van der Waals surface area contributed by atoms with Crippen molar-refractivity contribution in [2.45, 2.75) is 0 Å². The smallest absolute Gasteiger partial charge is 0.200 e. The number of para-hydroxylation sites is 1.